The second-order valence-electron chi connectivity index (χ2n) is 6.52. The summed E-state index contributed by atoms with van der Waals surface area (Å²) >= 11 is 0. The summed E-state index contributed by atoms with van der Waals surface area (Å²) in [5.41, 5.74) is 8.20. The van der Waals surface area contributed by atoms with E-state index in [9.17, 15) is 0 Å². The molecule has 1 aromatic heterocycles. The lowest BCUT2D eigenvalue weighted by molar-refractivity contribution is 0.298. The molecule has 1 saturated carbocycles. The molecule has 2 N–H and O–H groups in total. The van der Waals surface area contributed by atoms with Crippen molar-refractivity contribution in [3.8, 4) is 0 Å². The van der Waals surface area contributed by atoms with Crippen LogP contribution in [0.3, 0.4) is 0 Å². The Hall–Kier alpha value is -1.16. The van der Waals surface area contributed by atoms with Crippen LogP contribution >= 0.6 is 0 Å². The van der Waals surface area contributed by atoms with E-state index in [1.165, 1.54) is 25.7 Å². The first-order valence-corrected chi connectivity index (χ1v) is 8.39. The fourth-order valence-corrected chi connectivity index (χ4v) is 3.40. The normalized spacial score (nSPS) is 22.6. The first-order valence-electron chi connectivity index (χ1n) is 8.39. The van der Waals surface area contributed by atoms with Crippen molar-refractivity contribution in [2.45, 2.75) is 65.3 Å². The largest absolute Gasteiger partial charge is 0.338 e. The van der Waals surface area contributed by atoms with Crippen molar-refractivity contribution >= 4 is 5.95 Å². The van der Waals surface area contributed by atoms with Crippen molar-refractivity contribution in [2.75, 3.05) is 18.0 Å². The van der Waals surface area contributed by atoms with Gasteiger partial charge in [0, 0.05) is 24.0 Å². The predicted octanol–water partition coefficient (Wildman–Crippen LogP) is 3.25. The second kappa shape index (κ2) is 7.21. The maximum Gasteiger partial charge on any atom is 0.226 e. The van der Waals surface area contributed by atoms with E-state index in [1.807, 2.05) is 0 Å². The molecule has 0 amide bonds. The minimum Gasteiger partial charge on any atom is -0.338 e. The van der Waals surface area contributed by atoms with Crippen LogP contribution in [0.2, 0.25) is 0 Å². The summed E-state index contributed by atoms with van der Waals surface area (Å²) in [6.07, 6.45) is 5.05. The summed E-state index contributed by atoms with van der Waals surface area (Å²) in [6.45, 7) is 10.3. The van der Waals surface area contributed by atoms with Crippen LogP contribution in [-0.2, 0) is 0 Å². The zero-order valence-corrected chi connectivity index (χ0v) is 14.0. The molecule has 0 aromatic carbocycles. The molecule has 4 nitrogen and oxygen atoms in total. The van der Waals surface area contributed by atoms with E-state index in [2.05, 4.69) is 38.7 Å². The monoisotopic (exact) mass is 290 g/mol. The smallest absolute Gasteiger partial charge is 0.226 e. The van der Waals surface area contributed by atoms with Crippen molar-refractivity contribution in [1.29, 1.82) is 0 Å². The van der Waals surface area contributed by atoms with Crippen LogP contribution < -0.4 is 10.6 Å². The van der Waals surface area contributed by atoms with Gasteiger partial charge in [0.1, 0.15) is 0 Å². The Morgan fingerprint density at radius 3 is 2.62 bits per heavy atom. The van der Waals surface area contributed by atoms with Crippen molar-refractivity contribution < 1.29 is 0 Å². The topological polar surface area (TPSA) is 55.0 Å². The minimum atomic E-state index is 0.431. The molecule has 0 saturated heterocycles. The van der Waals surface area contributed by atoms with E-state index in [0.29, 0.717) is 17.9 Å². The zero-order chi connectivity index (χ0) is 15.4. The van der Waals surface area contributed by atoms with Gasteiger partial charge in [0.15, 0.2) is 0 Å². The summed E-state index contributed by atoms with van der Waals surface area (Å²) < 4.78 is 0. The highest BCUT2D eigenvalue weighted by atomic mass is 15.3. The van der Waals surface area contributed by atoms with Crippen LogP contribution in [0.25, 0.3) is 0 Å². The van der Waals surface area contributed by atoms with Gasteiger partial charge in [0.2, 0.25) is 5.95 Å². The average molecular weight is 290 g/mol. The molecule has 4 heteroatoms. The molecule has 1 aliphatic carbocycles. The van der Waals surface area contributed by atoms with Gasteiger partial charge in [-0.1, -0.05) is 26.7 Å². The van der Waals surface area contributed by atoms with Crippen LogP contribution in [-0.4, -0.2) is 29.1 Å². The van der Waals surface area contributed by atoms with Gasteiger partial charge in [-0.3, -0.25) is 0 Å². The Morgan fingerprint density at radius 2 is 2.00 bits per heavy atom. The highest BCUT2D eigenvalue weighted by Gasteiger charge is 2.30. The fourth-order valence-electron chi connectivity index (χ4n) is 3.40. The summed E-state index contributed by atoms with van der Waals surface area (Å²) in [6, 6.07) is 2.60. The number of nitrogens with two attached hydrogens (primary N) is 1. The van der Waals surface area contributed by atoms with Gasteiger partial charge in [0.25, 0.3) is 0 Å². The minimum absolute atomic E-state index is 0.431. The molecule has 1 aliphatic rings. The van der Waals surface area contributed by atoms with Gasteiger partial charge in [-0.25, -0.2) is 9.97 Å². The molecule has 2 unspecified atom stereocenters. The SMILES string of the molecule is CCN(c1nc(C)cc(C(C)C)n1)C1CCCCC1CN. The standard InChI is InChI=1S/C17H30N4/c1-5-21(16-9-7-6-8-14(16)11-18)17-19-13(4)10-15(20-17)12(2)3/h10,12,14,16H,5-9,11,18H2,1-4H3. The molecule has 0 aliphatic heterocycles. The molecule has 0 bridgehead atoms. The number of rotatable bonds is 5. The Bertz CT molecular complexity index is 458. The molecule has 0 radical (unpaired) electrons. The molecule has 1 aromatic rings. The van der Waals surface area contributed by atoms with Crippen molar-refractivity contribution in [2.24, 2.45) is 11.7 Å². The maximum atomic E-state index is 6.00. The molecule has 1 heterocycles. The zero-order valence-electron chi connectivity index (χ0n) is 14.0. The Labute approximate surface area is 129 Å². The lowest BCUT2D eigenvalue weighted by Gasteiger charge is -2.39. The predicted molar refractivity (Wildman–Crippen MR) is 88.7 cm³/mol. The molecule has 2 rings (SSSR count). The van der Waals surface area contributed by atoms with Crippen LogP contribution in [0.1, 0.15) is 63.8 Å². The lowest BCUT2D eigenvalue weighted by atomic mass is 9.83. The van der Waals surface area contributed by atoms with E-state index in [4.69, 9.17) is 15.7 Å². The molecule has 0 spiro atoms. The summed E-state index contributed by atoms with van der Waals surface area (Å²) in [5, 5.41) is 0. The van der Waals surface area contributed by atoms with Crippen LogP contribution in [0.4, 0.5) is 5.95 Å². The first kappa shape index (κ1) is 16.2. The van der Waals surface area contributed by atoms with E-state index in [1.54, 1.807) is 0 Å². The maximum absolute atomic E-state index is 6.00. The molecule has 118 valence electrons. The molecule has 21 heavy (non-hydrogen) atoms. The van der Waals surface area contributed by atoms with Crippen LogP contribution in [0, 0.1) is 12.8 Å². The van der Waals surface area contributed by atoms with Gasteiger partial charge in [-0.2, -0.15) is 0 Å². The van der Waals surface area contributed by atoms with E-state index in [-0.39, 0.29) is 0 Å². The molecular formula is C17H30N4. The second-order valence-corrected chi connectivity index (χ2v) is 6.52. The van der Waals surface area contributed by atoms with Gasteiger partial charge in [-0.15, -0.1) is 0 Å². The Balaban J connectivity index is 2.31. The number of anilines is 1. The third-order valence-corrected chi connectivity index (χ3v) is 4.62. The van der Waals surface area contributed by atoms with E-state index in [0.717, 1.165) is 30.4 Å². The lowest BCUT2D eigenvalue weighted by Crippen LogP contribution is -2.46. The van der Waals surface area contributed by atoms with Crippen LogP contribution in [0.15, 0.2) is 6.07 Å². The number of aromatic nitrogens is 2. The average Bonchev–Trinajstić information content (AvgIpc) is 2.48. The molecular weight excluding hydrogens is 260 g/mol. The summed E-state index contributed by atoms with van der Waals surface area (Å²) in [7, 11) is 0. The Kier molecular flexibility index (Phi) is 5.57. The van der Waals surface area contributed by atoms with E-state index < -0.39 is 0 Å². The number of nitrogens with zero attached hydrogens (tertiary/aromatic N) is 3. The quantitative estimate of drug-likeness (QED) is 0.904. The van der Waals surface area contributed by atoms with E-state index >= 15 is 0 Å². The van der Waals surface area contributed by atoms with Crippen molar-refractivity contribution in [3.05, 3.63) is 17.5 Å². The molecule has 2 atom stereocenters. The van der Waals surface area contributed by atoms with Gasteiger partial charge >= 0.3 is 0 Å². The number of aryl methyl sites for hydroxylation is 1. The van der Waals surface area contributed by atoms with Gasteiger partial charge < -0.3 is 10.6 Å². The number of hydrogen-bond donors (Lipinski definition) is 1. The van der Waals surface area contributed by atoms with Gasteiger partial charge in [-0.05, 0) is 51.1 Å². The third kappa shape index (κ3) is 3.73. The summed E-state index contributed by atoms with van der Waals surface area (Å²) in [4.78, 5) is 11.9. The summed E-state index contributed by atoms with van der Waals surface area (Å²) in [5.74, 6) is 1.90. The molecule has 1 fully saturated rings. The number of hydrogen-bond acceptors (Lipinski definition) is 4. The Morgan fingerprint density at radius 1 is 1.29 bits per heavy atom. The van der Waals surface area contributed by atoms with Crippen molar-refractivity contribution in [1.82, 2.24) is 9.97 Å². The third-order valence-electron chi connectivity index (χ3n) is 4.62. The van der Waals surface area contributed by atoms with Gasteiger partial charge in [0.05, 0.1) is 0 Å². The van der Waals surface area contributed by atoms with Crippen LogP contribution in [0.5, 0.6) is 0 Å². The first-order chi connectivity index (χ1) is 10.1. The van der Waals surface area contributed by atoms with Crippen molar-refractivity contribution in [3.63, 3.8) is 0 Å². The highest BCUT2D eigenvalue weighted by Crippen LogP contribution is 2.30. The fraction of sp³-hybridized carbons (Fsp3) is 0.765. The highest BCUT2D eigenvalue weighted by molar-refractivity contribution is 5.35.